The zero-order valence-electron chi connectivity index (χ0n) is 7.77. The average molecular weight is 276 g/mol. The first-order valence-corrected chi connectivity index (χ1v) is 4.48. The molecule has 15 heavy (non-hydrogen) atoms. The average Bonchev–Trinajstić information content (AvgIpc) is 2.16. The Hall–Kier alpha value is -0.904. The predicted molar refractivity (Wildman–Crippen MR) is 61.7 cm³/mol. The fourth-order valence-electron chi connectivity index (χ4n) is 1.43. The first kappa shape index (κ1) is 12.2. The molecule has 1 N–H and O–H groups in total. The molecule has 0 aliphatic rings. The molecule has 0 heterocycles. The number of rotatable bonds is 1. The van der Waals surface area contributed by atoms with E-state index in [4.69, 9.17) is 16.7 Å². The summed E-state index contributed by atoms with van der Waals surface area (Å²) in [5.74, 6) is -0.933. The van der Waals surface area contributed by atoms with Crippen LogP contribution in [0.2, 0.25) is 5.02 Å². The SMILES string of the molecule is O=C(O)c1cccc2ccc(Cl)cc12.[Ga]. The molecule has 3 radical (unpaired) electrons. The number of carbonyl (C=O) groups is 1. The number of carboxylic acid groups (broad SMARTS) is 1. The van der Waals surface area contributed by atoms with Crippen LogP contribution in [0.15, 0.2) is 36.4 Å². The number of hydrogen-bond donors (Lipinski definition) is 1. The Labute approximate surface area is 105 Å². The molecule has 2 aromatic carbocycles. The van der Waals surface area contributed by atoms with Crippen molar-refractivity contribution in [3.63, 3.8) is 0 Å². The van der Waals surface area contributed by atoms with Gasteiger partial charge in [-0.1, -0.05) is 29.8 Å². The van der Waals surface area contributed by atoms with Crippen molar-refractivity contribution in [2.45, 2.75) is 0 Å². The third-order valence-electron chi connectivity index (χ3n) is 2.07. The largest absolute Gasteiger partial charge is 0.478 e. The van der Waals surface area contributed by atoms with Crippen LogP contribution in [0.4, 0.5) is 0 Å². The molecule has 0 unspecified atom stereocenters. The smallest absolute Gasteiger partial charge is 0.336 e. The standard InChI is InChI=1S/C11H7ClO2.Ga/c12-8-5-4-7-2-1-3-9(11(13)14)10(7)6-8;/h1-6H,(H,13,14);. The van der Waals surface area contributed by atoms with Gasteiger partial charge in [0.15, 0.2) is 0 Å². The Bertz CT molecular complexity index is 511. The Morgan fingerprint density at radius 2 is 1.93 bits per heavy atom. The van der Waals surface area contributed by atoms with Gasteiger partial charge in [-0.05, 0) is 29.0 Å². The molecule has 0 spiro atoms. The molecule has 0 saturated carbocycles. The Balaban J connectivity index is 0.00000112. The number of hydrogen-bond acceptors (Lipinski definition) is 1. The van der Waals surface area contributed by atoms with E-state index in [2.05, 4.69) is 0 Å². The molecule has 2 aromatic rings. The van der Waals surface area contributed by atoms with Crippen LogP contribution >= 0.6 is 11.6 Å². The molecule has 0 aliphatic carbocycles. The van der Waals surface area contributed by atoms with Crippen LogP contribution in [0.5, 0.6) is 0 Å². The van der Waals surface area contributed by atoms with Crippen molar-refractivity contribution in [1.82, 2.24) is 0 Å². The van der Waals surface area contributed by atoms with Crippen molar-refractivity contribution in [2.24, 2.45) is 0 Å². The van der Waals surface area contributed by atoms with Crippen molar-refractivity contribution in [3.8, 4) is 0 Å². The monoisotopic (exact) mass is 275 g/mol. The van der Waals surface area contributed by atoms with E-state index in [0.717, 1.165) is 5.39 Å². The molecular formula is C11H7ClGaO2. The van der Waals surface area contributed by atoms with E-state index in [1.54, 1.807) is 24.3 Å². The Kier molecular flexibility index (Phi) is 3.85. The fraction of sp³-hybridized carbons (Fsp3) is 0. The van der Waals surface area contributed by atoms with E-state index >= 15 is 0 Å². The van der Waals surface area contributed by atoms with Crippen LogP contribution in [0.25, 0.3) is 10.8 Å². The molecular weight excluding hydrogens is 269 g/mol. The summed E-state index contributed by atoms with van der Waals surface area (Å²) in [6, 6.07) is 10.4. The van der Waals surface area contributed by atoms with Crippen LogP contribution in [0, 0.1) is 0 Å². The topological polar surface area (TPSA) is 37.3 Å². The van der Waals surface area contributed by atoms with Gasteiger partial charge in [-0.2, -0.15) is 0 Å². The number of carboxylic acids is 1. The third-order valence-corrected chi connectivity index (χ3v) is 2.31. The summed E-state index contributed by atoms with van der Waals surface area (Å²) in [5.41, 5.74) is 0.282. The summed E-state index contributed by atoms with van der Waals surface area (Å²) in [5, 5.41) is 11.0. The second-order valence-corrected chi connectivity index (χ2v) is 3.41. The molecule has 2 nitrogen and oxygen atoms in total. The van der Waals surface area contributed by atoms with Gasteiger partial charge in [-0.15, -0.1) is 0 Å². The first-order chi connectivity index (χ1) is 6.68. The molecule has 0 atom stereocenters. The normalized spacial score (nSPS) is 9.67. The summed E-state index contributed by atoms with van der Waals surface area (Å²) in [4.78, 5) is 10.9. The summed E-state index contributed by atoms with van der Waals surface area (Å²) >= 11 is 5.80. The maximum absolute atomic E-state index is 10.9. The molecule has 0 aliphatic heterocycles. The molecule has 0 bridgehead atoms. The summed E-state index contributed by atoms with van der Waals surface area (Å²) in [6.45, 7) is 0. The van der Waals surface area contributed by atoms with E-state index in [9.17, 15) is 4.79 Å². The number of benzene rings is 2. The van der Waals surface area contributed by atoms with E-state index in [1.807, 2.05) is 12.1 Å². The van der Waals surface area contributed by atoms with Crippen LogP contribution in [0.1, 0.15) is 10.4 Å². The summed E-state index contributed by atoms with van der Waals surface area (Å²) in [7, 11) is 0. The number of fused-ring (bicyclic) bond motifs is 1. The van der Waals surface area contributed by atoms with Crippen molar-refractivity contribution < 1.29 is 9.90 Å². The fourth-order valence-corrected chi connectivity index (χ4v) is 1.60. The van der Waals surface area contributed by atoms with E-state index < -0.39 is 5.97 Å². The van der Waals surface area contributed by atoms with Gasteiger partial charge in [0.25, 0.3) is 0 Å². The molecule has 0 aromatic heterocycles. The third kappa shape index (κ3) is 2.37. The Morgan fingerprint density at radius 3 is 2.60 bits per heavy atom. The van der Waals surface area contributed by atoms with Gasteiger partial charge in [-0.3, -0.25) is 0 Å². The van der Waals surface area contributed by atoms with Gasteiger partial charge >= 0.3 is 5.97 Å². The van der Waals surface area contributed by atoms with Crippen LogP contribution in [-0.4, -0.2) is 30.9 Å². The number of aromatic carboxylic acids is 1. The van der Waals surface area contributed by atoms with E-state index in [1.165, 1.54) is 0 Å². The zero-order valence-corrected chi connectivity index (χ0v) is 11.0. The Morgan fingerprint density at radius 1 is 1.20 bits per heavy atom. The van der Waals surface area contributed by atoms with Gasteiger partial charge < -0.3 is 5.11 Å². The van der Waals surface area contributed by atoms with Gasteiger partial charge in [0.05, 0.1) is 5.56 Å². The van der Waals surface area contributed by atoms with Crippen LogP contribution in [-0.2, 0) is 0 Å². The zero-order chi connectivity index (χ0) is 10.1. The minimum absolute atomic E-state index is 0. The van der Waals surface area contributed by atoms with E-state index in [0.29, 0.717) is 10.4 Å². The van der Waals surface area contributed by atoms with Crippen molar-refractivity contribution in [3.05, 3.63) is 47.0 Å². The van der Waals surface area contributed by atoms with Crippen molar-refractivity contribution in [2.75, 3.05) is 0 Å². The molecule has 0 saturated heterocycles. The maximum atomic E-state index is 10.9. The van der Waals surface area contributed by atoms with Crippen LogP contribution < -0.4 is 0 Å². The molecule has 0 amide bonds. The molecule has 4 heteroatoms. The first-order valence-electron chi connectivity index (χ1n) is 4.10. The minimum Gasteiger partial charge on any atom is -0.478 e. The summed E-state index contributed by atoms with van der Waals surface area (Å²) < 4.78 is 0. The summed E-state index contributed by atoms with van der Waals surface area (Å²) in [6.07, 6.45) is 0. The number of halogens is 1. The van der Waals surface area contributed by atoms with Gasteiger partial charge in [0, 0.05) is 24.8 Å². The molecule has 0 fully saturated rings. The van der Waals surface area contributed by atoms with E-state index in [-0.39, 0.29) is 25.4 Å². The van der Waals surface area contributed by atoms with Gasteiger partial charge in [0.2, 0.25) is 0 Å². The molecule has 2 rings (SSSR count). The predicted octanol–water partition coefficient (Wildman–Crippen LogP) is 2.81. The van der Waals surface area contributed by atoms with Gasteiger partial charge in [-0.25, -0.2) is 4.79 Å². The van der Waals surface area contributed by atoms with Crippen LogP contribution in [0.3, 0.4) is 0 Å². The second-order valence-electron chi connectivity index (χ2n) is 2.98. The quantitative estimate of drug-likeness (QED) is 0.813. The van der Waals surface area contributed by atoms with Crippen molar-refractivity contribution >= 4 is 48.1 Å². The second kappa shape index (κ2) is 4.74. The molecule has 73 valence electrons. The maximum Gasteiger partial charge on any atom is 0.336 e. The minimum atomic E-state index is -0.933. The van der Waals surface area contributed by atoms with Gasteiger partial charge in [0.1, 0.15) is 0 Å². The van der Waals surface area contributed by atoms with Crippen molar-refractivity contribution in [1.29, 1.82) is 0 Å².